The maximum absolute atomic E-state index is 9.44. The topological polar surface area (TPSA) is 55.5 Å². The van der Waals surface area contributed by atoms with Crippen molar-refractivity contribution in [2.45, 2.75) is 33.5 Å². The highest BCUT2D eigenvalue weighted by molar-refractivity contribution is 5.64. The Morgan fingerprint density at radius 3 is 2.50 bits per heavy atom. The second-order valence-corrected chi connectivity index (χ2v) is 6.29. The van der Waals surface area contributed by atoms with Crippen LogP contribution in [0.4, 0.5) is 0 Å². The zero-order valence-corrected chi connectivity index (χ0v) is 15.3. The number of ether oxygens (including phenoxy) is 1. The summed E-state index contributed by atoms with van der Waals surface area (Å²) in [5.74, 6) is 2.13. The Hall–Kier alpha value is -2.85. The molecule has 0 aliphatic rings. The zero-order valence-electron chi connectivity index (χ0n) is 15.3. The van der Waals surface area contributed by atoms with Crippen molar-refractivity contribution in [1.82, 2.24) is 4.98 Å². The number of aromatic nitrogens is 1. The summed E-state index contributed by atoms with van der Waals surface area (Å²) in [6.45, 7) is 5.97. The van der Waals surface area contributed by atoms with Gasteiger partial charge in [0, 0.05) is 5.56 Å². The fourth-order valence-electron chi connectivity index (χ4n) is 2.69. The predicted octanol–water partition coefficient (Wildman–Crippen LogP) is 5.01. The third-order valence-electron chi connectivity index (χ3n) is 4.09. The molecule has 0 amide bonds. The van der Waals surface area contributed by atoms with Gasteiger partial charge in [-0.25, -0.2) is 4.98 Å². The number of rotatable bonds is 6. The molecule has 0 radical (unpaired) electrons. The molecule has 1 N–H and O–H groups in total. The number of oxazole rings is 1. The van der Waals surface area contributed by atoms with Crippen LogP contribution in [0.1, 0.15) is 30.9 Å². The molecule has 1 atom stereocenters. The molecule has 134 valence electrons. The van der Waals surface area contributed by atoms with Crippen LogP contribution < -0.4 is 4.74 Å². The third kappa shape index (κ3) is 4.41. The van der Waals surface area contributed by atoms with Crippen molar-refractivity contribution >= 4 is 5.57 Å². The SMILES string of the molecule is C/C(=C\C(C)O)c1ccc(OCc2nc(-c3ccccc3)oc2C)cc1. The fourth-order valence-corrected chi connectivity index (χ4v) is 2.69. The van der Waals surface area contributed by atoms with E-state index in [1.54, 1.807) is 6.92 Å². The van der Waals surface area contributed by atoms with Gasteiger partial charge in [-0.3, -0.25) is 0 Å². The van der Waals surface area contributed by atoms with Gasteiger partial charge in [0.2, 0.25) is 5.89 Å². The van der Waals surface area contributed by atoms with Crippen molar-refractivity contribution in [3.8, 4) is 17.2 Å². The van der Waals surface area contributed by atoms with E-state index in [2.05, 4.69) is 4.98 Å². The summed E-state index contributed by atoms with van der Waals surface area (Å²) in [5.41, 5.74) is 3.83. The molecule has 1 heterocycles. The summed E-state index contributed by atoms with van der Waals surface area (Å²) >= 11 is 0. The van der Waals surface area contributed by atoms with Gasteiger partial charge in [-0.1, -0.05) is 36.4 Å². The van der Waals surface area contributed by atoms with E-state index in [0.29, 0.717) is 12.5 Å². The lowest BCUT2D eigenvalue weighted by Crippen LogP contribution is -1.98. The first kappa shape index (κ1) is 18.0. The van der Waals surface area contributed by atoms with Crippen LogP contribution >= 0.6 is 0 Å². The van der Waals surface area contributed by atoms with Gasteiger partial charge in [-0.15, -0.1) is 0 Å². The van der Waals surface area contributed by atoms with Crippen LogP contribution in [0.2, 0.25) is 0 Å². The van der Waals surface area contributed by atoms with Crippen LogP contribution in [0, 0.1) is 6.92 Å². The highest BCUT2D eigenvalue weighted by Crippen LogP contribution is 2.23. The van der Waals surface area contributed by atoms with Crippen molar-refractivity contribution in [2.75, 3.05) is 0 Å². The van der Waals surface area contributed by atoms with Crippen molar-refractivity contribution in [2.24, 2.45) is 0 Å². The number of hydrogen-bond donors (Lipinski definition) is 1. The summed E-state index contributed by atoms with van der Waals surface area (Å²) in [6, 6.07) is 17.6. The lowest BCUT2D eigenvalue weighted by Gasteiger charge is -2.07. The Labute approximate surface area is 153 Å². The number of nitrogens with zero attached hydrogens (tertiary/aromatic N) is 1. The second-order valence-electron chi connectivity index (χ2n) is 6.29. The first-order valence-corrected chi connectivity index (χ1v) is 8.64. The Morgan fingerprint density at radius 2 is 1.85 bits per heavy atom. The molecule has 2 aromatic carbocycles. The Bertz CT molecular complexity index is 878. The summed E-state index contributed by atoms with van der Waals surface area (Å²) in [7, 11) is 0. The van der Waals surface area contributed by atoms with E-state index in [1.165, 1.54) is 0 Å². The van der Waals surface area contributed by atoms with Gasteiger partial charge < -0.3 is 14.3 Å². The number of benzene rings is 2. The van der Waals surface area contributed by atoms with E-state index in [-0.39, 0.29) is 0 Å². The van der Waals surface area contributed by atoms with Crippen molar-refractivity contribution in [1.29, 1.82) is 0 Å². The van der Waals surface area contributed by atoms with E-state index >= 15 is 0 Å². The molecular formula is C22H23NO3. The molecule has 0 saturated carbocycles. The molecule has 0 spiro atoms. The molecule has 3 aromatic rings. The monoisotopic (exact) mass is 349 g/mol. The van der Waals surface area contributed by atoms with Crippen molar-refractivity contribution in [3.63, 3.8) is 0 Å². The molecule has 4 nitrogen and oxygen atoms in total. The quantitative estimate of drug-likeness (QED) is 0.679. The molecule has 1 unspecified atom stereocenters. The molecular weight excluding hydrogens is 326 g/mol. The van der Waals surface area contributed by atoms with Gasteiger partial charge in [0.15, 0.2) is 0 Å². The van der Waals surface area contributed by atoms with E-state index in [9.17, 15) is 5.11 Å². The van der Waals surface area contributed by atoms with E-state index in [0.717, 1.165) is 33.9 Å². The molecule has 1 aromatic heterocycles. The van der Waals surface area contributed by atoms with Crippen LogP contribution in [0.5, 0.6) is 5.75 Å². The molecule has 0 aliphatic heterocycles. The maximum Gasteiger partial charge on any atom is 0.226 e. The number of hydrogen-bond acceptors (Lipinski definition) is 4. The molecule has 26 heavy (non-hydrogen) atoms. The number of aliphatic hydroxyl groups excluding tert-OH is 1. The smallest absolute Gasteiger partial charge is 0.226 e. The summed E-state index contributed by atoms with van der Waals surface area (Å²) < 4.78 is 11.6. The van der Waals surface area contributed by atoms with Gasteiger partial charge in [-0.2, -0.15) is 0 Å². The van der Waals surface area contributed by atoms with Crippen molar-refractivity contribution in [3.05, 3.63) is 77.7 Å². The summed E-state index contributed by atoms with van der Waals surface area (Å²) in [4.78, 5) is 4.54. The first-order chi connectivity index (χ1) is 12.5. The number of aryl methyl sites for hydroxylation is 1. The van der Waals surface area contributed by atoms with Crippen LogP contribution in [0.25, 0.3) is 17.0 Å². The van der Waals surface area contributed by atoms with Gasteiger partial charge in [0.25, 0.3) is 0 Å². The highest BCUT2D eigenvalue weighted by Gasteiger charge is 2.11. The average Bonchev–Trinajstić information content (AvgIpc) is 3.01. The Kier molecular flexibility index (Phi) is 5.54. The molecule has 0 aliphatic carbocycles. The van der Waals surface area contributed by atoms with Crippen molar-refractivity contribution < 1.29 is 14.3 Å². The maximum atomic E-state index is 9.44. The highest BCUT2D eigenvalue weighted by atomic mass is 16.5. The fraction of sp³-hybridized carbons (Fsp3) is 0.227. The minimum atomic E-state index is -0.458. The van der Waals surface area contributed by atoms with Crippen LogP contribution in [-0.2, 0) is 6.61 Å². The molecule has 0 saturated heterocycles. The van der Waals surface area contributed by atoms with Gasteiger partial charge >= 0.3 is 0 Å². The van der Waals surface area contributed by atoms with Crippen LogP contribution in [0.15, 0.2) is 65.1 Å². The molecule has 4 heteroatoms. The van der Waals surface area contributed by atoms with Gasteiger partial charge in [0.1, 0.15) is 23.8 Å². The predicted molar refractivity (Wildman–Crippen MR) is 103 cm³/mol. The second kappa shape index (κ2) is 8.02. The largest absolute Gasteiger partial charge is 0.487 e. The molecule has 3 rings (SSSR count). The Balaban J connectivity index is 1.67. The number of aliphatic hydroxyl groups is 1. The van der Waals surface area contributed by atoms with E-state index < -0.39 is 6.10 Å². The third-order valence-corrected chi connectivity index (χ3v) is 4.09. The zero-order chi connectivity index (χ0) is 18.5. The van der Waals surface area contributed by atoms with E-state index in [4.69, 9.17) is 9.15 Å². The lowest BCUT2D eigenvalue weighted by atomic mass is 10.1. The Morgan fingerprint density at radius 1 is 1.15 bits per heavy atom. The minimum Gasteiger partial charge on any atom is -0.487 e. The minimum absolute atomic E-state index is 0.351. The van der Waals surface area contributed by atoms with Crippen LogP contribution in [-0.4, -0.2) is 16.2 Å². The summed E-state index contributed by atoms with van der Waals surface area (Å²) in [5, 5.41) is 9.44. The number of allylic oxidation sites excluding steroid dienone is 1. The lowest BCUT2D eigenvalue weighted by molar-refractivity contribution is 0.244. The molecule has 0 fully saturated rings. The average molecular weight is 349 g/mol. The van der Waals surface area contributed by atoms with E-state index in [1.807, 2.05) is 74.5 Å². The first-order valence-electron chi connectivity index (χ1n) is 8.64. The van der Waals surface area contributed by atoms with Gasteiger partial charge in [-0.05, 0) is 56.2 Å². The standard InChI is InChI=1S/C22H23NO3/c1-15(13-16(2)24)18-9-11-20(12-10-18)25-14-21-17(3)26-22(23-21)19-7-5-4-6-8-19/h4-13,16,24H,14H2,1-3H3/b15-13+. The molecule has 0 bridgehead atoms. The normalized spacial score (nSPS) is 12.8. The summed E-state index contributed by atoms with van der Waals surface area (Å²) in [6.07, 6.45) is 1.36. The van der Waals surface area contributed by atoms with Crippen LogP contribution in [0.3, 0.4) is 0 Å². The van der Waals surface area contributed by atoms with Gasteiger partial charge in [0.05, 0.1) is 6.10 Å².